The average Bonchev–Trinajstić information content (AvgIpc) is 3.42. The first-order valence-corrected chi connectivity index (χ1v) is 12.3. The zero-order valence-corrected chi connectivity index (χ0v) is 19.2. The summed E-state index contributed by atoms with van der Waals surface area (Å²) < 4.78 is 0. The number of benzene rings is 1. The fraction of sp³-hybridized carbons (Fsp3) is 0.583. The molecule has 2 aliphatic rings. The van der Waals surface area contributed by atoms with E-state index < -0.39 is 0 Å². The molecule has 30 heavy (non-hydrogen) atoms. The van der Waals surface area contributed by atoms with Gasteiger partial charge in [0.1, 0.15) is 0 Å². The zero-order chi connectivity index (χ0) is 20.8. The predicted octanol–water partition coefficient (Wildman–Crippen LogP) is 4.12. The second kappa shape index (κ2) is 10.4. The van der Waals surface area contributed by atoms with Gasteiger partial charge in [0, 0.05) is 44.0 Å². The molecular formula is C24H35N5S. The van der Waals surface area contributed by atoms with Crippen molar-refractivity contribution in [2.45, 2.75) is 45.6 Å². The monoisotopic (exact) mass is 425 g/mol. The third-order valence-corrected chi connectivity index (χ3v) is 7.17. The lowest BCUT2D eigenvalue weighted by Gasteiger charge is -2.31. The van der Waals surface area contributed by atoms with Crippen LogP contribution in [0.2, 0.25) is 0 Å². The van der Waals surface area contributed by atoms with E-state index in [9.17, 15) is 0 Å². The molecule has 0 radical (unpaired) electrons. The maximum absolute atomic E-state index is 5.06. The van der Waals surface area contributed by atoms with Crippen LogP contribution in [0.15, 0.2) is 40.7 Å². The van der Waals surface area contributed by atoms with Crippen LogP contribution in [0, 0.1) is 12.8 Å². The Morgan fingerprint density at radius 3 is 2.67 bits per heavy atom. The summed E-state index contributed by atoms with van der Waals surface area (Å²) in [5.74, 6) is 2.42. The first kappa shape index (κ1) is 21.3. The molecule has 2 aromatic rings. The van der Waals surface area contributed by atoms with Gasteiger partial charge in [0.2, 0.25) is 0 Å². The minimum atomic E-state index is 0.618. The highest BCUT2D eigenvalue weighted by Gasteiger charge is 2.26. The van der Waals surface area contributed by atoms with Gasteiger partial charge >= 0.3 is 0 Å². The van der Waals surface area contributed by atoms with Gasteiger partial charge in [0.05, 0.1) is 10.7 Å². The summed E-state index contributed by atoms with van der Waals surface area (Å²) in [5, 5.41) is 6.91. The summed E-state index contributed by atoms with van der Waals surface area (Å²) in [7, 11) is 0. The van der Waals surface area contributed by atoms with Crippen molar-refractivity contribution in [2.75, 3.05) is 39.3 Å². The number of guanidine groups is 1. The Morgan fingerprint density at radius 1 is 1.17 bits per heavy atom. The SMILES string of the molecule is CCNC(=NCC1CCN(Cc2csc(C)n2)CC1)N1CCC(c2ccccc2)C1. The van der Waals surface area contributed by atoms with Gasteiger partial charge in [0.25, 0.3) is 0 Å². The van der Waals surface area contributed by atoms with Crippen molar-refractivity contribution in [1.82, 2.24) is 20.1 Å². The molecule has 1 N–H and O–H groups in total. The number of hydrogen-bond donors (Lipinski definition) is 1. The van der Waals surface area contributed by atoms with Crippen LogP contribution in [0.3, 0.4) is 0 Å². The van der Waals surface area contributed by atoms with E-state index in [1.54, 1.807) is 11.3 Å². The molecule has 2 aliphatic heterocycles. The molecule has 2 fully saturated rings. The summed E-state index contributed by atoms with van der Waals surface area (Å²) >= 11 is 1.75. The molecule has 1 aromatic carbocycles. The van der Waals surface area contributed by atoms with Crippen molar-refractivity contribution in [2.24, 2.45) is 10.9 Å². The molecular weight excluding hydrogens is 390 g/mol. The Hall–Kier alpha value is -1.92. The Kier molecular flexibility index (Phi) is 7.39. The summed E-state index contributed by atoms with van der Waals surface area (Å²) in [5.41, 5.74) is 2.68. The predicted molar refractivity (Wildman–Crippen MR) is 126 cm³/mol. The second-order valence-electron chi connectivity index (χ2n) is 8.61. The third-order valence-electron chi connectivity index (χ3n) is 6.35. The molecule has 0 amide bonds. The minimum Gasteiger partial charge on any atom is -0.357 e. The Morgan fingerprint density at radius 2 is 1.97 bits per heavy atom. The molecule has 162 valence electrons. The lowest BCUT2D eigenvalue weighted by atomic mass is 9.97. The van der Waals surface area contributed by atoms with Gasteiger partial charge < -0.3 is 10.2 Å². The molecule has 0 aliphatic carbocycles. The number of aryl methyl sites for hydroxylation is 1. The number of thiazole rings is 1. The van der Waals surface area contributed by atoms with E-state index in [4.69, 9.17) is 4.99 Å². The normalized spacial score (nSPS) is 21.3. The molecule has 1 atom stereocenters. The number of nitrogens with one attached hydrogen (secondary N) is 1. The number of hydrogen-bond acceptors (Lipinski definition) is 4. The third kappa shape index (κ3) is 5.61. The molecule has 1 aromatic heterocycles. The summed E-state index contributed by atoms with van der Waals surface area (Å²) in [4.78, 5) is 14.7. The topological polar surface area (TPSA) is 43.8 Å². The van der Waals surface area contributed by atoms with E-state index >= 15 is 0 Å². The van der Waals surface area contributed by atoms with E-state index in [0.717, 1.165) is 51.8 Å². The van der Waals surface area contributed by atoms with Crippen molar-refractivity contribution in [3.05, 3.63) is 52.0 Å². The summed E-state index contributed by atoms with van der Waals surface area (Å²) in [6.07, 6.45) is 3.68. The number of piperidine rings is 1. The number of likely N-dealkylation sites (tertiary alicyclic amines) is 2. The molecule has 0 bridgehead atoms. The van der Waals surface area contributed by atoms with Gasteiger partial charge in [-0.2, -0.15) is 0 Å². The Bertz CT molecular complexity index is 810. The first-order chi connectivity index (χ1) is 14.7. The van der Waals surface area contributed by atoms with Crippen molar-refractivity contribution < 1.29 is 0 Å². The largest absolute Gasteiger partial charge is 0.357 e. The van der Waals surface area contributed by atoms with Gasteiger partial charge in [-0.15, -0.1) is 11.3 Å². The van der Waals surface area contributed by atoms with Crippen LogP contribution in [0.25, 0.3) is 0 Å². The van der Waals surface area contributed by atoms with Gasteiger partial charge in [-0.3, -0.25) is 9.89 Å². The molecule has 5 nitrogen and oxygen atoms in total. The first-order valence-electron chi connectivity index (χ1n) is 11.4. The zero-order valence-electron chi connectivity index (χ0n) is 18.4. The molecule has 0 saturated carbocycles. The van der Waals surface area contributed by atoms with Crippen molar-refractivity contribution in [3.8, 4) is 0 Å². The van der Waals surface area contributed by atoms with E-state index in [0.29, 0.717) is 11.8 Å². The van der Waals surface area contributed by atoms with Crippen LogP contribution < -0.4 is 5.32 Å². The standard InChI is InChI=1S/C24H35N5S/c1-3-25-24(29-14-11-22(16-29)21-7-5-4-6-8-21)26-15-20-9-12-28(13-10-20)17-23-18-30-19(2)27-23/h4-8,18,20,22H,3,9-17H2,1-2H3,(H,25,26). The number of nitrogens with zero attached hydrogens (tertiary/aromatic N) is 4. The molecule has 1 unspecified atom stereocenters. The molecule has 6 heteroatoms. The highest BCUT2D eigenvalue weighted by molar-refractivity contribution is 7.09. The lowest BCUT2D eigenvalue weighted by molar-refractivity contribution is 0.179. The van der Waals surface area contributed by atoms with Crippen LogP contribution in [-0.2, 0) is 6.54 Å². The van der Waals surface area contributed by atoms with Crippen LogP contribution in [-0.4, -0.2) is 60.0 Å². The lowest BCUT2D eigenvalue weighted by Crippen LogP contribution is -2.40. The Labute approximate surface area is 185 Å². The maximum Gasteiger partial charge on any atom is 0.193 e. The fourth-order valence-corrected chi connectivity index (χ4v) is 5.23. The van der Waals surface area contributed by atoms with Crippen molar-refractivity contribution >= 4 is 17.3 Å². The van der Waals surface area contributed by atoms with E-state index in [1.165, 1.54) is 35.5 Å². The average molecular weight is 426 g/mol. The number of rotatable bonds is 6. The smallest absolute Gasteiger partial charge is 0.193 e. The van der Waals surface area contributed by atoms with Crippen LogP contribution in [0.5, 0.6) is 0 Å². The molecule has 4 rings (SSSR count). The molecule has 3 heterocycles. The van der Waals surface area contributed by atoms with Gasteiger partial charge in [-0.05, 0) is 57.7 Å². The quantitative estimate of drug-likeness (QED) is 0.559. The van der Waals surface area contributed by atoms with Crippen molar-refractivity contribution in [3.63, 3.8) is 0 Å². The second-order valence-corrected chi connectivity index (χ2v) is 9.68. The van der Waals surface area contributed by atoms with Gasteiger partial charge in [0.15, 0.2) is 5.96 Å². The molecule has 2 saturated heterocycles. The summed E-state index contributed by atoms with van der Waals surface area (Å²) in [6, 6.07) is 10.9. The number of aromatic nitrogens is 1. The highest BCUT2D eigenvalue weighted by Crippen LogP contribution is 2.27. The van der Waals surface area contributed by atoms with E-state index in [1.807, 2.05) is 0 Å². The van der Waals surface area contributed by atoms with Crippen molar-refractivity contribution in [1.29, 1.82) is 0 Å². The van der Waals surface area contributed by atoms with Crippen LogP contribution >= 0.6 is 11.3 Å². The van der Waals surface area contributed by atoms with Crippen LogP contribution in [0.1, 0.15) is 48.4 Å². The maximum atomic E-state index is 5.06. The molecule has 0 spiro atoms. The Balaban J connectivity index is 1.27. The van der Waals surface area contributed by atoms with Gasteiger partial charge in [-0.1, -0.05) is 30.3 Å². The minimum absolute atomic E-state index is 0.618. The van der Waals surface area contributed by atoms with Crippen LogP contribution in [0.4, 0.5) is 0 Å². The summed E-state index contributed by atoms with van der Waals surface area (Å²) in [6.45, 7) is 11.6. The van der Waals surface area contributed by atoms with Gasteiger partial charge in [-0.25, -0.2) is 4.98 Å². The highest BCUT2D eigenvalue weighted by atomic mass is 32.1. The number of aliphatic imine (C=N–C) groups is 1. The fourth-order valence-electron chi connectivity index (χ4n) is 4.63. The van der Waals surface area contributed by atoms with E-state index in [-0.39, 0.29) is 0 Å². The van der Waals surface area contributed by atoms with E-state index in [2.05, 4.69) is 69.7 Å².